The van der Waals surface area contributed by atoms with E-state index in [9.17, 15) is 14.4 Å². The van der Waals surface area contributed by atoms with Crippen molar-refractivity contribution < 1.29 is 24.3 Å². The minimum atomic E-state index is -0.584. The number of carbonyl (C=O) groups excluding carboxylic acids is 3. The standard InChI is InChI=1S/C29H34N4O5/c1-18-13-21(23-7-5-6-8-24(23)30-18)17-38-22-11-9-19(10-12-22)27(35)31-25-16-33(28(36)29(2,3)4)15-20(25)14-26(34)32-37/h5-13,20,25,37H,14-17H2,1-4H3,(H,31,35)(H,32,34)/t20-,25+/m0/s1. The Kier molecular flexibility index (Phi) is 7.97. The van der Waals surface area contributed by atoms with Gasteiger partial charge in [-0.25, -0.2) is 5.48 Å². The number of hydroxylamine groups is 1. The maximum Gasteiger partial charge on any atom is 0.251 e. The number of nitrogens with one attached hydrogen (secondary N) is 2. The van der Waals surface area contributed by atoms with Crippen LogP contribution in [-0.4, -0.2) is 51.9 Å². The van der Waals surface area contributed by atoms with Gasteiger partial charge in [0, 0.05) is 53.1 Å². The minimum absolute atomic E-state index is 0.00862. The first-order chi connectivity index (χ1) is 18.0. The summed E-state index contributed by atoms with van der Waals surface area (Å²) in [6, 6.07) is 16.4. The van der Waals surface area contributed by atoms with Crippen molar-refractivity contribution in [1.82, 2.24) is 20.7 Å². The van der Waals surface area contributed by atoms with Crippen molar-refractivity contribution in [2.45, 2.75) is 46.8 Å². The third-order valence-electron chi connectivity index (χ3n) is 6.70. The fraction of sp³-hybridized carbons (Fsp3) is 0.379. The number of para-hydroxylation sites is 1. The molecule has 2 aromatic carbocycles. The summed E-state index contributed by atoms with van der Waals surface area (Å²) in [4.78, 5) is 43.9. The van der Waals surface area contributed by atoms with E-state index in [1.54, 1.807) is 34.6 Å². The lowest BCUT2D eigenvalue weighted by molar-refractivity contribution is -0.138. The van der Waals surface area contributed by atoms with E-state index in [1.807, 2.05) is 58.0 Å². The summed E-state index contributed by atoms with van der Waals surface area (Å²) in [5, 5.41) is 13.0. The maximum atomic E-state index is 13.0. The van der Waals surface area contributed by atoms with Gasteiger partial charge in [0.15, 0.2) is 0 Å². The van der Waals surface area contributed by atoms with Gasteiger partial charge in [-0.1, -0.05) is 39.0 Å². The molecule has 3 amide bonds. The van der Waals surface area contributed by atoms with Gasteiger partial charge in [0.25, 0.3) is 5.91 Å². The van der Waals surface area contributed by atoms with Crippen LogP contribution in [0, 0.1) is 18.3 Å². The number of pyridine rings is 1. The van der Waals surface area contributed by atoms with Crippen molar-refractivity contribution in [3.8, 4) is 5.75 Å². The number of hydrogen-bond acceptors (Lipinski definition) is 6. The van der Waals surface area contributed by atoms with E-state index in [1.165, 1.54) is 0 Å². The van der Waals surface area contributed by atoms with Gasteiger partial charge >= 0.3 is 0 Å². The van der Waals surface area contributed by atoms with Crippen LogP contribution in [0.1, 0.15) is 48.8 Å². The molecule has 1 aliphatic heterocycles. The molecule has 0 radical (unpaired) electrons. The smallest absolute Gasteiger partial charge is 0.251 e. The number of aryl methyl sites for hydroxylation is 1. The Morgan fingerprint density at radius 2 is 1.79 bits per heavy atom. The summed E-state index contributed by atoms with van der Waals surface area (Å²) in [5.74, 6) is -0.615. The summed E-state index contributed by atoms with van der Waals surface area (Å²) in [7, 11) is 0. The summed E-state index contributed by atoms with van der Waals surface area (Å²) in [6.07, 6.45) is -0.00862. The van der Waals surface area contributed by atoms with Crippen molar-refractivity contribution in [1.29, 1.82) is 0 Å². The van der Waals surface area contributed by atoms with Crippen molar-refractivity contribution in [2.75, 3.05) is 13.1 Å². The molecule has 200 valence electrons. The predicted octanol–water partition coefficient (Wildman–Crippen LogP) is 3.62. The molecule has 0 unspecified atom stereocenters. The van der Waals surface area contributed by atoms with Crippen molar-refractivity contribution in [2.24, 2.45) is 11.3 Å². The average Bonchev–Trinajstić information content (AvgIpc) is 3.27. The highest BCUT2D eigenvalue weighted by atomic mass is 16.5. The molecule has 38 heavy (non-hydrogen) atoms. The molecule has 1 fully saturated rings. The second kappa shape index (κ2) is 11.2. The predicted molar refractivity (Wildman–Crippen MR) is 143 cm³/mol. The van der Waals surface area contributed by atoms with Crippen LogP contribution < -0.4 is 15.5 Å². The largest absolute Gasteiger partial charge is 0.489 e. The second-order valence-electron chi connectivity index (χ2n) is 10.8. The van der Waals surface area contributed by atoms with Crippen LogP contribution in [0.3, 0.4) is 0 Å². The Hall–Kier alpha value is -3.98. The molecule has 0 aliphatic carbocycles. The van der Waals surface area contributed by atoms with Crippen LogP contribution in [0.15, 0.2) is 54.6 Å². The van der Waals surface area contributed by atoms with Crippen molar-refractivity contribution >= 4 is 28.6 Å². The Bertz CT molecular complexity index is 1330. The SMILES string of the molecule is Cc1cc(COc2ccc(C(=O)N[C@@H]3CN(C(=O)C(C)(C)C)C[C@@H]3CC(=O)NO)cc2)c2ccccc2n1. The van der Waals surface area contributed by atoms with Crippen LogP contribution in [0.25, 0.3) is 10.9 Å². The van der Waals surface area contributed by atoms with Gasteiger partial charge in [0.1, 0.15) is 12.4 Å². The molecule has 2 heterocycles. The quantitative estimate of drug-likeness (QED) is 0.325. The van der Waals surface area contributed by atoms with Crippen molar-refractivity contribution in [3.63, 3.8) is 0 Å². The highest BCUT2D eigenvalue weighted by Gasteiger charge is 2.40. The monoisotopic (exact) mass is 518 g/mol. The molecule has 0 spiro atoms. The van der Waals surface area contributed by atoms with Gasteiger partial charge in [0.05, 0.1) is 11.6 Å². The number of rotatable bonds is 7. The molecule has 1 aromatic heterocycles. The Morgan fingerprint density at radius 3 is 2.47 bits per heavy atom. The summed E-state index contributed by atoms with van der Waals surface area (Å²) in [6.45, 7) is 8.43. The van der Waals surface area contributed by atoms with E-state index < -0.39 is 17.4 Å². The van der Waals surface area contributed by atoms with Crippen LogP contribution >= 0.6 is 0 Å². The Labute approximate surface area is 222 Å². The third-order valence-corrected chi connectivity index (χ3v) is 6.70. The molecular formula is C29H34N4O5. The van der Waals surface area contributed by atoms with Crippen LogP contribution in [0.4, 0.5) is 0 Å². The first-order valence-electron chi connectivity index (χ1n) is 12.7. The third kappa shape index (κ3) is 6.28. The van der Waals surface area contributed by atoms with E-state index in [2.05, 4.69) is 10.3 Å². The van der Waals surface area contributed by atoms with Gasteiger partial charge in [-0.2, -0.15) is 0 Å². The number of carbonyl (C=O) groups is 3. The molecule has 3 N–H and O–H groups in total. The number of likely N-dealkylation sites (tertiary alicyclic amines) is 1. The normalized spacial score (nSPS) is 17.3. The number of hydrogen-bond donors (Lipinski definition) is 3. The number of ether oxygens (including phenoxy) is 1. The lowest BCUT2D eigenvalue weighted by Gasteiger charge is -2.25. The lowest BCUT2D eigenvalue weighted by atomic mass is 9.95. The highest BCUT2D eigenvalue weighted by Crippen LogP contribution is 2.27. The molecule has 0 bridgehead atoms. The molecule has 4 rings (SSSR count). The second-order valence-corrected chi connectivity index (χ2v) is 10.8. The van der Waals surface area contributed by atoms with Gasteiger partial charge in [-0.3, -0.25) is 24.6 Å². The number of nitrogens with zero attached hydrogens (tertiary/aromatic N) is 2. The Morgan fingerprint density at radius 1 is 1.08 bits per heavy atom. The average molecular weight is 519 g/mol. The van der Waals surface area contributed by atoms with Gasteiger partial charge < -0.3 is 15.0 Å². The van der Waals surface area contributed by atoms with Crippen LogP contribution in [0.2, 0.25) is 0 Å². The summed E-state index contributed by atoms with van der Waals surface area (Å²) < 4.78 is 6.00. The van der Waals surface area contributed by atoms with E-state index in [0.717, 1.165) is 22.2 Å². The van der Waals surface area contributed by atoms with Gasteiger partial charge in [-0.15, -0.1) is 0 Å². The topological polar surface area (TPSA) is 121 Å². The number of aromatic nitrogens is 1. The van der Waals surface area contributed by atoms with E-state index >= 15 is 0 Å². The molecule has 0 saturated carbocycles. The molecule has 9 nitrogen and oxygen atoms in total. The molecule has 3 aromatic rings. The fourth-order valence-electron chi connectivity index (χ4n) is 4.80. The number of amides is 3. The van der Waals surface area contributed by atoms with Crippen LogP contribution in [0.5, 0.6) is 5.75 Å². The van der Waals surface area contributed by atoms with E-state index in [-0.39, 0.29) is 24.2 Å². The zero-order chi connectivity index (χ0) is 27.4. The molecule has 1 aliphatic rings. The summed E-state index contributed by atoms with van der Waals surface area (Å²) >= 11 is 0. The lowest BCUT2D eigenvalue weighted by Crippen LogP contribution is -2.43. The molecular weight excluding hydrogens is 484 g/mol. The number of benzene rings is 2. The minimum Gasteiger partial charge on any atom is -0.489 e. The van der Waals surface area contributed by atoms with Gasteiger partial charge in [-0.05, 0) is 43.3 Å². The fourth-order valence-corrected chi connectivity index (χ4v) is 4.80. The van der Waals surface area contributed by atoms with Crippen LogP contribution in [-0.2, 0) is 16.2 Å². The summed E-state index contributed by atoms with van der Waals surface area (Å²) in [5.41, 5.74) is 4.36. The molecule has 1 saturated heterocycles. The zero-order valence-electron chi connectivity index (χ0n) is 22.2. The van der Waals surface area contributed by atoms with E-state index in [0.29, 0.717) is 31.0 Å². The first kappa shape index (κ1) is 27.1. The molecule has 9 heteroatoms. The van der Waals surface area contributed by atoms with Gasteiger partial charge in [0.2, 0.25) is 11.8 Å². The maximum absolute atomic E-state index is 13.0. The zero-order valence-corrected chi connectivity index (χ0v) is 22.2. The molecule has 2 atom stereocenters. The first-order valence-corrected chi connectivity index (χ1v) is 12.7. The number of fused-ring (bicyclic) bond motifs is 1. The highest BCUT2D eigenvalue weighted by molar-refractivity contribution is 5.94. The Balaban J connectivity index is 1.41. The van der Waals surface area contributed by atoms with E-state index in [4.69, 9.17) is 9.94 Å². The van der Waals surface area contributed by atoms with Crippen molar-refractivity contribution in [3.05, 3.63) is 71.4 Å².